The summed E-state index contributed by atoms with van der Waals surface area (Å²) in [4.78, 5) is 35.5. The molecule has 1 spiro atoms. The summed E-state index contributed by atoms with van der Waals surface area (Å²) in [5, 5.41) is 17.2. The van der Waals surface area contributed by atoms with Crippen LogP contribution >= 0.6 is 0 Å². The average Bonchev–Trinajstić information content (AvgIpc) is 3.41. The molecule has 0 aromatic heterocycles. The van der Waals surface area contributed by atoms with Crippen molar-refractivity contribution in [1.82, 2.24) is 4.90 Å². The molecule has 2 heterocycles. The molecule has 1 saturated heterocycles. The minimum absolute atomic E-state index is 0.0680. The maximum absolute atomic E-state index is 13.0. The van der Waals surface area contributed by atoms with E-state index in [1.165, 1.54) is 16.7 Å². The number of carboxylic acids is 2. The predicted molar refractivity (Wildman–Crippen MR) is 163 cm³/mol. The Kier molecular flexibility index (Phi) is 11.3. The molecule has 1 unspecified atom stereocenters. The molecule has 0 radical (unpaired) electrons. The number of carbonyl (C=O) groups excluding carboxylic acids is 2. The molecule has 2 N–H and O–H groups in total. The van der Waals surface area contributed by atoms with Crippen molar-refractivity contribution in [3.63, 3.8) is 0 Å². The predicted octanol–water partition coefficient (Wildman–Crippen LogP) is 2.42. The minimum atomic E-state index is -1.51. The number of methoxy groups -OCH3 is 1. The van der Waals surface area contributed by atoms with Crippen LogP contribution in [0.5, 0.6) is 5.75 Å². The lowest BCUT2D eigenvalue weighted by Gasteiger charge is -2.37. The van der Waals surface area contributed by atoms with Gasteiger partial charge in [-0.3, -0.25) is 4.79 Å². The molecule has 232 valence electrons. The first-order chi connectivity index (χ1) is 21.2. The number of likely N-dealkylation sites (tertiary alicyclic amines) is 1. The van der Waals surface area contributed by atoms with Crippen molar-refractivity contribution in [3.05, 3.63) is 113 Å². The van der Waals surface area contributed by atoms with Gasteiger partial charge in [0.05, 0.1) is 39.3 Å². The van der Waals surface area contributed by atoms with Gasteiger partial charge in [0.2, 0.25) is 0 Å². The first-order valence-corrected chi connectivity index (χ1v) is 14.8. The Morgan fingerprint density at radius 3 is 2.27 bits per heavy atom. The van der Waals surface area contributed by atoms with Gasteiger partial charge in [-0.25, -0.2) is 4.79 Å². The molecule has 9 nitrogen and oxygen atoms in total. The van der Waals surface area contributed by atoms with E-state index in [4.69, 9.17) is 14.6 Å². The number of rotatable bonds is 10. The van der Waals surface area contributed by atoms with Crippen molar-refractivity contribution in [2.24, 2.45) is 0 Å². The van der Waals surface area contributed by atoms with Crippen molar-refractivity contribution in [2.45, 2.75) is 37.4 Å². The topological polar surface area (TPSA) is 121 Å². The van der Waals surface area contributed by atoms with Gasteiger partial charge in [-0.15, -0.1) is 0 Å². The van der Waals surface area contributed by atoms with Crippen LogP contribution in [-0.4, -0.2) is 68.2 Å². The maximum Gasteiger partial charge on any atom is 0.328 e. The zero-order valence-corrected chi connectivity index (χ0v) is 25.2. The third-order valence-corrected chi connectivity index (χ3v) is 8.43. The quantitative estimate of drug-likeness (QED) is 0.343. The van der Waals surface area contributed by atoms with E-state index in [0.29, 0.717) is 18.7 Å². The molecule has 5 rings (SSSR count). The fraction of sp³-hybridized carbons (Fsp3) is 0.343. The summed E-state index contributed by atoms with van der Waals surface area (Å²) < 4.78 is 11.7. The normalized spacial score (nSPS) is 19.5. The van der Waals surface area contributed by atoms with Crippen LogP contribution in [0, 0.1) is 0 Å². The highest BCUT2D eigenvalue weighted by atomic mass is 16.5. The Hall–Kier alpha value is -4.47. The van der Waals surface area contributed by atoms with E-state index in [1.54, 1.807) is 12.0 Å². The first kappa shape index (κ1) is 32.4. The fourth-order valence-corrected chi connectivity index (χ4v) is 6.03. The van der Waals surface area contributed by atoms with Gasteiger partial charge in [-0.2, -0.15) is 0 Å². The van der Waals surface area contributed by atoms with Crippen LogP contribution < -0.4 is 14.7 Å². The zero-order chi connectivity index (χ0) is 31.5. The smallest absolute Gasteiger partial charge is 0.328 e. The molecule has 1 fully saturated rings. The monoisotopic (exact) mass is 600 g/mol. The lowest BCUT2D eigenvalue weighted by atomic mass is 9.83. The number of nitrogens with one attached hydrogen (secondary N) is 1. The summed E-state index contributed by atoms with van der Waals surface area (Å²) in [7, 11) is 3.61. The third-order valence-electron chi connectivity index (χ3n) is 8.43. The maximum atomic E-state index is 13.0. The Labute approximate surface area is 258 Å². The van der Waals surface area contributed by atoms with Gasteiger partial charge in [0.25, 0.3) is 5.91 Å². The van der Waals surface area contributed by atoms with E-state index < -0.39 is 11.9 Å². The summed E-state index contributed by atoms with van der Waals surface area (Å²) in [6.07, 6.45) is 4.11. The van der Waals surface area contributed by atoms with E-state index in [2.05, 4.69) is 36.4 Å². The molecule has 0 saturated carbocycles. The number of benzene rings is 3. The highest BCUT2D eigenvalue weighted by Gasteiger charge is 2.44. The van der Waals surface area contributed by atoms with Gasteiger partial charge < -0.3 is 34.3 Å². The van der Waals surface area contributed by atoms with Crippen LogP contribution in [0.2, 0.25) is 0 Å². The summed E-state index contributed by atoms with van der Waals surface area (Å²) >= 11 is 0. The molecule has 1 amide bonds. The molecule has 3 aromatic carbocycles. The number of hydrogen-bond donors (Lipinski definition) is 2. The fourth-order valence-electron chi connectivity index (χ4n) is 6.03. The van der Waals surface area contributed by atoms with Crippen LogP contribution in [-0.2, 0) is 26.5 Å². The number of ether oxygens (including phenoxy) is 2. The van der Waals surface area contributed by atoms with Crippen molar-refractivity contribution >= 4 is 17.8 Å². The second-order valence-corrected chi connectivity index (χ2v) is 11.2. The van der Waals surface area contributed by atoms with Gasteiger partial charge in [0.15, 0.2) is 0 Å². The number of quaternary nitrogens is 1. The summed E-state index contributed by atoms with van der Waals surface area (Å²) in [6, 6.07) is 26.6. The van der Waals surface area contributed by atoms with Crippen molar-refractivity contribution in [2.75, 3.05) is 40.3 Å². The second kappa shape index (κ2) is 15.3. The summed E-state index contributed by atoms with van der Waals surface area (Å²) in [5.41, 5.74) is 4.66. The molecular weight excluding hydrogens is 560 g/mol. The van der Waals surface area contributed by atoms with Gasteiger partial charge >= 0.3 is 5.97 Å². The van der Waals surface area contributed by atoms with Gasteiger partial charge in [0.1, 0.15) is 11.4 Å². The van der Waals surface area contributed by atoms with E-state index in [-0.39, 0.29) is 17.4 Å². The van der Waals surface area contributed by atoms with Gasteiger partial charge in [-0.1, -0.05) is 54.6 Å². The van der Waals surface area contributed by atoms with E-state index >= 15 is 0 Å². The average molecular weight is 601 g/mol. The lowest BCUT2D eigenvalue weighted by molar-refractivity contribution is -0.908. The van der Waals surface area contributed by atoms with Crippen molar-refractivity contribution in [1.29, 1.82) is 0 Å². The molecule has 2 aliphatic rings. The van der Waals surface area contributed by atoms with Crippen LogP contribution in [0.3, 0.4) is 0 Å². The number of piperidine rings is 1. The summed E-state index contributed by atoms with van der Waals surface area (Å²) in [6.45, 7) is 4.74. The Morgan fingerprint density at radius 1 is 1.00 bits per heavy atom. The largest absolute Gasteiger partial charge is 0.545 e. The van der Waals surface area contributed by atoms with Crippen molar-refractivity contribution < 1.29 is 39.0 Å². The van der Waals surface area contributed by atoms with Crippen LogP contribution in [0.1, 0.15) is 52.2 Å². The van der Waals surface area contributed by atoms with E-state index in [1.807, 2.05) is 54.4 Å². The van der Waals surface area contributed by atoms with E-state index in [9.17, 15) is 19.5 Å². The molecular formula is C35H40N2O7. The molecule has 0 bridgehead atoms. The molecule has 9 heteroatoms. The molecule has 0 aliphatic carbocycles. The lowest BCUT2D eigenvalue weighted by Crippen LogP contribution is -3.13. The number of fused-ring (bicyclic) bond motifs is 2. The number of aliphatic carboxylic acids is 2. The number of hydrogen-bond acceptors (Lipinski definition) is 6. The minimum Gasteiger partial charge on any atom is -0.545 e. The summed E-state index contributed by atoms with van der Waals surface area (Å²) in [5.74, 6) is -1.62. The Bertz CT molecular complexity index is 1410. The van der Waals surface area contributed by atoms with Crippen molar-refractivity contribution in [3.8, 4) is 5.75 Å². The number of amides is 1. The van der Waals surface area contributed by atoms with Gasteiger partial charge in [0, 0.05) is 50.4 Å². The molecule has 3 aromatic rings. The number of likely N-dealkylation sites (N-methyl/N-ethyl adjacent to an activating group) is 1. The highest BCUT2D eigenvalue weighted by molar-refractivity contribution is 5.94. The number of carbonyl (C=O) groups is 3. The molecule has 2 aliphatic heterocycles. The second-order valence-electron chi connectivity index (χ2n) is 11.2. The van der Waals surface area contributed by atoms with Crippen LogP contribution in [0.15, 0.2) is 91.0 Å². The van der Waals surface area contributed by atoms with Crippen LogP contribution in [0.25, 0.3) is 0 Å². The number of carboxylic acid groups (broad SMARTS) is 2. The van der Waals surface area contributed by atoms with E-state index in [0.717, 1.165) is 56.8 Å². The standard InChI is InChI=1S/C31H36N2O3.C4H4O4/c1-32(30(34)25-8-4-3-5-9-25)22-26(24-12-14-28(35-2)15-13-24)16-19-33-20-17-31(18-21-33)29-11-7-6-10-27(29)23-36-31;5-3(6)1-2-4(7)8/h3-15,26H,16-23H2,1-2H3;1-2H,(H,5,6)(H,7,8)/b;2-1+. The zero-order valence-electron chi connectivity index (χ0n) is 25.2. The molecule has 44 heavy (non-hydrogen) atoms. The van der Waals surface area contributed by atoms with Crippen LogP contribution in [0.4, 0.5) is 0 Å². The van der Waals surface area contributed by atoms with Gasteiger partial charge in [-0.05, 0) is 47.0 Å². The number of nitrogens with zero attached hydrogens (tertiary/aromatic N) is 1. The molecule has 1 atom stereocenters. The highest BCUT2D eigenvalue weighted by Crippen LogP contribution is 2.42. The Balaban J connectivity index is 0.000000488. The first-order valence-electron chi connectivity index (χ1n) is 14.8. The Morgan fingerprint density at radius 2 is 1.66 bits per heavy atom. The SMILES string of the molecule is COc1ccc(C(CC[NH+]2CCC3(CC2)OCc2ccccc23)CN(C)C(=O)c2ccccc2)cc1.O=C([O-])/C=C/C(=O)O. The third kappa shape index (κ3) is 8.55.